The number of amidine groups is 1. The predicted octanol–water partition coefficient (Wildman–Crippen LogP) is 5.18. The molecule has 5 heteroatoms. The zero-order valence-electron chi connectivity index (χ0n) is 16.0. The molecule has 3 N–H and O–H groups in total. The fraction of sp³-hybridized carbons (Fsp3) is 0.900. The molecule has 0 amide bonds. The third kappa shape index (κ3) is 210. The van der Waals surface area contributed by atoms with E-state index in [1.165, 1.54) is 0 Å². The number of nitrogens with zero attached hydrogens (tertiary/aromatic N) is 2. The van der Waals surface area contributed by atoms with E-state index in [4.69, 9.17) is 0 Å². The maximum atomic E-state index is 3.81. The van der Waals surface area contributed by atoms with Gasteiger partial charge in [-0.05, 0) is 26.4 Å². The minimum absolute atomic E-state index is 0. The summed E-state index contributed by atoms with van der Waals surface area (Å²) >= 11 is 0. The summed E-state index contributed by atoms with van der Waals surface area (Å²) in [6.07, 6.45) is 1.94. The smallest absolute Gasteiger partial charge is 0.166 e. The van der Waals surface area contributed by atoms with Crippen molar-refractivity contribution >= 4 is 12.1 Å². The molecule has 0 aliphatic rings. The van der Waals surface area contributed by atoms with Gasteiger partial charge < -0.3 is 10.6 Å². The van der Waals surface area contributed by atoms with Crippen LogP contribution in [0.1, 0.15) is 78.7 Å². The third-order valence-electron chi connectivity index (χ3n) is 1.44. The minimum Gasteiger partial charge on any atom is -0.377 e. The highest BCUT2D eigenvalue weighted by Crippen LogP contribution is 2.08. The number of hydrazine groups is 1. The van der Waals surface area contributed by atoms with Gasteiger partial charge in [0.25, 0.3) is 0 Å². The summed E-state index contributed by atoms with van der Waals surface area (Å²) in [6, 6.07) is 0. The molecular formula is C20H60N5+. The van der Waals surface area contributed by atoms with Crippen molar-refractivity contribution in [1.29, 1.82) is 0 Å². The second kappa shape index (κ2) is 43.4. The Morgan fingerprint density at radius 2 is 1.12 bits per heavy atom. The first kappa shape index (κ1) is 56.5. The van der Waals surface area contributed by atoms with Crippen molar-refractivity contribution in [1.82, 2.24) is 16.1 Å². The Morgan fingerprint density at radius 3 is 1.12 bits per heavy atom. The molecule has 0 saturated carbocycles. The molecule has 0 aromatic heterocycles. The number of hydrogen-bond donors (Lipinski definition) is 3. The van der Waals surface area contributed by atoms with Gasteiger partial charge >= 0.3 is 0 Å². The van der Waals surface area contributed by atoms with E-state index in [1.54, 1.807) is 7.05 Å². The summed E-state index contributed by atoms with van der Waals surface area (Å²) < 4.78 is 1.88. The second-order valence-corrected chi connectivity index (χ2v) is 5.65. The van der Waals surface area contributed by atoms with Crippen LogP contribution in [0.25, 0.3) is 0 Å². The van der Waals surface area contributed by atoms with Crippen molar-refractivity contribution in [3.05, 3.63) is 0 Å². The predicted molar refractivity (Wildman–Crippen MR) is 129 cm³/mol. The fourth-order valence-electron chi connectivity index (χ4n) is 0.241. The molecular weight excluding hydrogens is 310 g/mol. The van der Waals surface area contributed by atoms with Gasteiger partial charge in [0.15, 0.2) is 13.3 Å². The van der Waals surface area contributed by atoms with Crippen LogP contribution in [0.5, 0.6) is 0 Å². The van der Waals surface area contributed by atoms with Crippen LogP contribution in [0.15, 0.2) is 4.99 Å². The molecule has 0 heterocycles. The lowest BCUT2D eigenvalue weighted by Gasteiger charge is -2.05. The summed E-state index contributed by atoms with van der Waals surface area (Å²) in [5.74, 6) is 0.968. The fourth-order valence-corrected chi connectivity index (χ4v) is 0.241. The molecule has 0 fully saturated rings. The molecule has 0 aromatic rings. The van der Waals surface area contributed by atoms with Crippen LogP contribution in [-0.4, -0.2) is 59.0 Å². The Labute approximate surface area is 164 Å². The van der Waals surface area contributed by atoms with Gasteiger partial charge in [-0.15, -0.1) is 4.68 Å². The zero-order chi connectivity index (χ0) is 17.2. The van der Waals surface area contributed by atoms with Gasteiger partial charge in [-0.25, -0.2) is 5.43 Å². The molecule has 0 bridgehead atoms. The maximum absolute atomic E-state index is 3.81. The van der Waals surface area contributed by atoms with Crippen molar-refractivity contribution in [2.24, 2.45) is 10.4 Å². The van der Waals surface area contributed by atoms with Crippen LogP contribution < -0.4 is 16.1 Å². The van der Waals surface area contributed by atoms with Crippen LogP contribution in [0.4, 0.5) is 0 Å². The van der Waals surface area contributed by atoms with E-state index in [1.807, 2.05) is 60.0 Å². The van der Waals surface area contributed by atoms with Crippen molar-refractivity contribution < 1.29 is 4.68 Å². The third-order valence-corrected chi connectivity index (χ3v) is 1.44. The Hall–Kier alpha value is -1.10. The van der Waals surface area contributed by atoms with Crippen molar-refractivity contribution in [3.63, 3.8) is 0 Å². The summed E-state index contributed by atoms with van der Waals surface area (Å²) in [6.45, 7) is 12.6. The van der Waals surface area contributed by atoms with Crippen LogP contribution in [0, 0.1) is 5.41 Å². The van der Waals surface area contributed by atoms with Crippen LogP contribution in [0.3, 0.4) is 0 Å². The van der Waals surface area contributed by atoms with Gasteiger partial charge in [-0.2, -0.15) is 0 Å². The van der Waals surface area contributed by atoms with E-state index >= 15 is 0 Å². The highest BCUT2D eigenvalue weighted by atomic mass is 15.4. The number of aliphatic imine (C=N–C) groups is 1. The summed E-state index contributed by atoms with van der Waals surface area (Å²) in [7, 11) is 11.2. The Morgan fingerprint density at radius 1 is 0.880 bits per heavy atom. The minimum atomic E-state index is 0. The highest BCUT2D eigenvalue weighted by molar-refractivity contribution is 5.78. The Balaban J connectivity index is -0.0000000187. The average molecular weight is 371 g/mol. The van der Waals surface area contributed by atoms with E-state index in [9.17, 15) is 0 Å². The second-order valence-electron chi connectivity index (χ2n) is 5.65. The maximum Gasteiger partial charge on any atom is 0.166 e. The number of hydrazone groups is 1. The highest BCUT2D eigenvalue weighted by Gasteiger charge is 1.95. The van der Waals surface area contributed by atoms with Crippen molar-refractivity contribution in [3.8, 4) is 0 Å². The number of hydrogen-bond acceptors (Lipinski definition) is 3. The zero-order valence-corrected chi connectivity index (χ0v) is 16.0. The monoisotopic (exact) mass is 370 g/mol. The van der Waals surface area contributed by atoms with Gasteiger partial charge in [-0.1, -0.05) is 64.8 Å². The lowest BCUT2D eigenvalue weighted by atomic mass is 10.0. The lowest BCUT2D eigenvalue weighted by molar-refractivity contribution is -0.550. The van der Waals surface area contributed by atoms with Gasteiger partial charge in [0.05, 0.1) is 12.9 Å². The van der Waals surface area contributed by atoms with E-state index in [0.29, 0.717) is 5.41 Å². The topological polar surface area (TPSA) is 51.5 Å². The lowest BCUT2D eigenvalue weighted by Crippen LogP contribution is -2.19. The number of nitrogens with one attached hydrogen (secondary N) is 3. The van der Waals surface area contributed by atoms with Crippen LogP contribution in [0.2, 0.25) is 0 Å². The van der Waals surface area contributed by atoms with E-state index in [0.717, 1.165) is 5.84 Å². The van der Waals surface area contributed by atoms with Crippen molar-refractivity contribution in [2.75, 3.05) is 42.3 Å². The molecule has 0 aliphatic carbocycles. The SMILES string of the molecule is C.C.C.C.C.C/C=[N+](\C)NC.CC(C)(C)C.CN=C(C)NC.CNC. The Bertz CT molecular complexity index is 205. The van der Waals surface area contributed by atoms with Crippen LogP contribution >= 0.6 is 0 Å². The number of rotatable bonds is 1. The van der Waals surface area contributed by atoms with Crippen molar-refractivity contribution in [2.45, 2.75) is 78.7 Å². The van der Waals surface area contributed by atoms with Gasteiger partial charge in [0, 0.05) is 21.0 Å². The molecule has 0 saturated heterocycles. The quantitative estimate of drug-likeness (QED) is 0.258. The average Bonchev–Trinajstić information content (AvgIpc) is 2.36. The molecule has 0 aliphatic heterocycles. The van der Waals surface area contributed by atoms with E-state index in [-0.39, 0.29) is 37.1 Å². The largest absolute Gasteiger partial charge is 0.377 e. The normalized spacial score (nSPS) is 8.64. The molecule has 0 aromatic carbocycles. The molecule has 0 spiro atoms. The molecule has 0 rings (SSSR count). The summed E-state index contributed by atoms with van der Waals surface area (Å²) in [4.78, 5) is 3.81. The summed E-state index contributed by atoms with van der Waals surface area (Å²) in [5.41, 5.74) is 3.39. The standard InChI is InChI=1S/C5H12.C4H11N2.C4H10N2.C2H7N.5CH4/c1-5(2,3)4;1-4-6(3)5-2;1-4(5-2)6-3;1-3-2;;;;;/h1-4H3;4-5H,1-3H3;1-3H3,(H,5,6);3H,1-2H3;5*1H4/q;+1;;;;;;;/b;6-4+;;;;;;;. The molecule has 0 atom stereocenters. The molecule has 164 valence electrons. The van der Waals surface area contributed by atoms with Gasteiger partial charge in [-0.3, -0.25) is 4.99 Å². The molecule has 5 nitrogen and oxygen atoms in total. The first-order valence-electron chi connectivity index (χ1n) is 6.93. The van der Waals surface area contributed by atoms with E-state index < -0.39 is 0 Å². The van der Waals surface area contributed by atoms with Crippen LogP contribution in [-0.2, 0) is 0 Å². The molecule has 0 unspecified atom stereocenters. The first-order valence-corrected chi connectivity index (χ1v) is 6.93. The Kier molecular flexibility index (Phi) is 98.1. The molecule has 25 heavy (non-hydrogen) atoms. The first-order chi connectivity index (χ1) is 9.03. The van der Waals surface area contributed by atoms with Gasteiger partial charge in [0.1, 0.15) is 0 Å². The van der Waals surface area contributed by atoms with Gasteiger partial charge in [0.2, 0.25) is 0 Å². The molecule has 0 radical (unpaired) electrons. The summed E-state index contributed by atoms with van der Waals surface area (Å²) in [5, 5.41) is 5.61. The van der Waals surface area contributed by atoms with E-state index in [2.05, 4.69) is 48.7 Å².